The molecule has 0 saturated heterocycles. The van der Waals surface area contributed by atoms with E-state index in [1.807, 2.05) is 19.1 Å². The fraction of sp³-hybridized carbons (Fsp3) is 0.238. The third-order valence-corrected chi connectivity index (χ3v) is 5.23. The third kappa shape index (κ3) is 5.02. The van der Waals surface area contributed by atoms with Gasteiger partial charge < -0.3 is 5.32 Å². The number of hydrogen-bond acceptors (Lipinski definition) is 4. The van der Waals surface area contributed by atoms with Crippen LogP contribution in [0.3, 0.4) is 0 Å². The van der Waals surface area contributed by atoms with Gasteiger partial charge >= 0.3 is 0 Å². The van der Waals surface area contributed by atoms with Crippen LogP contribution in [-0.2, 0) is 16.0 Å². The number of carbonyl (C=O) groups excluding carboxylic acids is 2. The number of hydrogen-bond donors (Lipinski definition) is 1. The summed E-state index contributed by atoms with van der Waals surface area (Å²) in [5.41, 5.74) is 1.81. The molecule has 3 rings (SSSR count). The number of amides is 2. The second-order valence-corrected chi connectivity index (χ2v) is 7.55. The molecule has 8 heteroatoms. The summed E-state index contributed by atoms with van der Waals surface area (Å²) in [5, 5.41) is 11.6. The smallest absolute Gasteiger partial charge is 0.229 e. The molecule has 0 radical (unpaired) electrons. The van der Waals surface area contributed by atoms with Crippen LogP contribution in [0.4, 0.5) is 11.5 Å². The van der Waals surface area contributed by atoms with E-state index in [-0.39, 0.29) is 24.2 Å². The van der Waals surface area contributed by atoms with Gasteiger partial charge in [0, 0.05) is 34.7 Å². The minimum atomic E-state index is -0.304. The molecule has 1 N–H and O–H groups in total. The summed E-state index contributed by atoms with van der Waals surface area (Å²) >= 11 is 12.3. The largest absolute Gasteiger partial charge is 0.324 e. The molecule has 29 heavy (non-hydrogen) atoms. The van der Waals surface area contributed by atoms with E-state index in [9.17, 15) is 9.59 Å². The number of rotatable bonds is 5. The molecule has 0 saturated carbocycles. The highest BCUT2D eigenvalue weighted by Gasteiger charge is 2.24. The minimum Gasteiger partial charge on any atom is -0.324 e. The lowest BCUT2D eigenvalue weighted by atomic mass is 9.97. The van der Waals surface area contributed by atoms with Crippen LogP contribution in [0.25, 0.3) is 0 Å². The van der Waals surface area contributed by atoms with E-state index in [4.69, 9.17) is 23.2 Å². The molecule has 6 nitrogen and oxygen atoms in total. The predicted octanol–water partition coefficient (Wildman–Crippen LogP) is 4.80. The van der Waals surface area contributed by atoms with Gasteiger partial charge in [-0.3, -0.25) is 14.5 Å². The molecule has 0 spiro atoms. The van der Waals surface area contributed by atoms with Crippen molar-refractivity contribution in [2.24, 2.45) is 5.92 Å². The Kier molecular flexibility index (Phi) is 6.67. The van der Waals surface area contributed by atoms with Gasteiger partial charge in [0.15, 0.2) is 5.82 Å². The quantitative estimate of drug-likeness (QED) is 0.738. The summed E-state index contributed by atoms with van der Waals surface area (Å²) < 4.78 is 0. The van der Waals surface area contributed by atoms with Crippen LogP contribution in [0.1, 0.15) is 25.8 Å². The van der Waals surface area contributed by atoms with Gasteiger partial charge in [0.1, 0.15) is 0 Å². The van der Waals surface area contributed by atoms with E-state index in [0.717, 1.165) is 12.1 Å². The Labute approximate surface area is 179 Å². The number of benzene rings is 1. The van der Waals surface area contributed by atoms with Crippen molar-refractivity contribution in [3.05, 3.63) is 70.0 Å². The molecule has 1 unspecified atom stereocenters. The number of aromatic nitrogens is 2. The summed E-state index contributed by atoms with van der Waals surface area (Å²) in [6.07, 6.45) is 8.12. The molecule has 2 amide bonds. The predicted molar refractivity (Wildman–Crippen MR) is 115 cm³/mol. The Morgan fingerprint density at radius 3 is 2.66 bits per heavy atom. The first kappa shape index (κ1) is 21.0. The van der Waals surface area contributed by atoms with E-state index in [0.29, 0.717) is 27.1 Å². The Bertz CT molecular complexity index is 984. The normalized spacial score (nSPS) is 15.6. The zero-order chi connectivity index (χ0) is 21.0. The van der Waals surface area contributed by atoms with Gasteiger partial charge in [-0.2, -0.15) is 5.10 Å². The molecular weight excluding hydrogens is 411 g/mol. The Morgan fingerprint density at radius 2 is 2.00 bits per heavy atom. The van der Waals surface area contributed by atoms with E-state index < -0.39 is 0 Å². The van der Waals surface area contributed by atoms with Gasteiger partial charge in [0.05, 0.1) is 18.3 Å². The zero-order valence-electron chi connectivity index (χ0n) is 16.0. The van der Waals surface area contributed by atoms with Crippen LogP contribution >= 0.6 is 23.2 Å². The highest BCUT2D eigenvalue weighted by atomic mass is 35.5. The second kappa shape index (κ2) is 9.20. The van der Waals surface area contributed by atoms with Gasteiger partial charge in [-0.15, -0.1) is 5.10 Å². The van der Waals surface area contributed by atoms with Crippen LogP contribution < -0.4 is 10.2 Å². The zero-order valence-corrected chi connectivity index (χ0v) is 17.5. The topological polar surface area (TPSA) is 75.2 Å². The molecule has 1 aromatic carbocycles. The summed E-state index contributed by atoms with van der Waals surface area (Å²) in [7, 11) is 0. The van der Waals surface area contributed by atoms with E-state index >= 15 is 0 Å². The molecule has 0 fully saturated rings. The molecule has 0 aliphatic heterocycles. The highest BCUT2D eigenvalue weighted by molar-refractivity contribution is 6.36. The number of anilines is 2. The van der Waals surface area contributed by atoms with Crippen molar-refractivity contribution < 1.29 is 9.59 Å². The van der Waals surface area contributed by atoms with Gasteiger partial charge in [0.25, 0.3) is 0 Å². The van der Waals surface area contributed by atoms with Crippen molar-refractivity contribution in [1.82, 2.24) is 10.2 Å². The minimum absolute atomic E-state index is 0.0135. The van der Waals surface area contributed by atoms with Crippen molar-refractivity contribution in [2.45, 2.75) is 26.7 Å². The van der Waals surface area contributed by atoms with Crippen LogP contribution in [0, 0.1) is 5.92 Å². The summed E-state index contributed by atoms with van der Waals surface area (Å²) in [6, 6.07) is 6.70. The van der Waals surface area contributed by atoms with Crippen LogP contribution in [0.5, 0.6) is 0 Å². The summed E-state index contributed by atoms with van der Waals surface area (Å²) in [6.45, 7) is 3.51. The average molecular weight is 431 g/mol. The van der Waals surface area contributed by atoms with Crippen LogP contribution in [0.15, 0.2) is 54.4 Å². The van der Waals surface area contributed by atoms with Crippen molar-refractivity contribution in [3.8, 4) is 0 Å². The first-order valence-electron chi connectivity index (χ1n) is 9.09. The molecule has 1 heterocycles. The van der Waals surface area contributed by atoms with Crippen LogP contribution in [-0.4, -0.2) is 22.0 Å². The molecule has 1 aliphatic rings. The summed E-state index contributed by atoms with van der Waals surface area (Å²) in [5.74, 6) is 0.0197. The molecule has 2 aromatic rings. The first-order chi connectivity index (χ1) is 13.9. The molecule has 1 atom stereocenters. The number of halogens is 2. The fourth-order valence-corrected chi connectivity index (χ4v) is 3.64. The molecule has 0 bridgehead atoms. The first-order valence-corrected chi connectivity index (χ1v) is 9.85. The fourth-order valence-electron chi connectivity index (χ4n) is 3.10. The van der Waals surface area contributed by atoms with E-state index in [1.54, 1.807) is 24.3 Å². The molecule has 1 aliphatic carbocycles. The monoisotopic (exact) mass is 430 g/mol. The molecular formula is C21H20Cl2N4O2. The van der Waals surface area contributed by atoms with Crippen molar-refractivity contribution in [2.75, 3.05) is 10.2 Å². The van der Waals surface area contributed by atoms with Gasteiger partial charge in [-0.05, 0) is 30.2 Å². The highest BCUT2D eigenvalue weighted by Crippen LogP contribution is 2.29. The van der Waals surface area contributed by atoms with Gasteiger partial charge in [-0.1, -0.05) is 48.3 Å². The Morgan fingerprint density at radius 1 is 1.28 bits per heavy atom. The van der Waals surface area contributed by atoms with Gasteiger partial charge in [-0.25, -0.2) is 0 Å². The van der Waals surface area contributed by atoms with E-state index in [2.05, 4.69) is 21.6 Å². The van der Waals surface area contributed by atoms with Gasteiger partial charge in [0.2, 0.25) is 11.8 Å². The SMILES string of the molecule is CC(=O)N(C1=CC=CCC1C)c1cc(NC(=O)Cc2c(Cl)cccc2Cl)cnn1. The number of carbonyl (C=O) groups is 2. The molecule has 150 valence electrons. The number of allylic oxidation sites excluding steroid dienone is 4. The second-order valence-electron chi connectivity index (χ2n) is 6.74. The Hall–Kier alpha value is -2.70. The maximum absolute atomic E-state index is 12.5. The maximum atomic E-state index is 12.5. The Balaban J connectivity index is 1.81. The number of nitrogens with zero attached hydrogens (tertiary/aromatic N) is 3. The lowest BCUT2D eigenvalue weighted by molar-refractivity contribution is -0.116. The molecule has 1 aromatic heterocycles. The van der Waals surface area contributed by atoms with E-state index in [1.165, 1.54) is 18.0 Å². The van der Waals surface area contributed by atoms with Crippen LogP contribution in [0.2, 0.25) is 10.0 Å². The number of nitrogens with one attached hydrogen (secondary N) is 1. The average Bonchev–Trinajstić information content (AvgIpc) is 2.67. The summed E-state index contributed by atoms with van der Waals surface area (Å²) in [4.78, 5) is 26.3. The lowest BCUT2D eigenvalue weighted by Crippen LogP contribution is -2.32. The standard InChI is InChI=1S/C21H20Cl2N4O2/c1-13-6-3-4-9-19(13)27(14(2)28)20-10-15(12-24-26-20)25-21(29)11-16-17(22)7-5-8-18(16)23/h3-5,7-10,12-13H,6,11H2,1-2H3,(H,25,26,29). The third-order valence-electron chi connectivity index (χ3n) is 4.52. The van der Waals surface area contributed by atoms with Crippen molar-refractivity contribution in [3.63, 3.8) is 0 Å². The van der Waals surface area contributed by atoms with Crippen molar-refractivity contribution >= 4 is 46.5 Å². The lowest BCUT2D eigenvalue weighted by Gasteiger charge is -2.28. The maximum Gasteiger partial charge on any atom is 0.229 e. The van der Waals surface area contributed by atoms with Crippen molar-refractivity contribution in [1.29, 1.82) is 0 Å².